The maximum Gasteiger partial charge on any atom is 0.135 e. The number of anilines is 2. The van der Waals surface area contributed by atoms with E-state index in [4.69, 9.17) is 4.74 Å². The molecular formula is C19H21FN4O. The largest absolute Gasteiger partial charge is 0.488 e. The van der Waals surface area contributed by atoms with Gasteiger partial charge in [0.05, 0.1) is 24.8 Å². The molecule has 2 fully saturated rings. The molecule has 2 N–H and O–H groups in total. The van der Waals surface area contributed by atoms with E-state index >= 15 is 0 Å². The van der Waals surface area contributed by atoms with Gasteiger partial charge < -0.3 is 15.1 Å². The topological polar surface area (TPSA) is 49.4 Å². The van der Waals surface area contributed by atoms with Gasteiger partial charge in [-0.15, -0.1) is 0 Å². The highest BCUT2D eigenvalue weighted by Crippen LogP contribution is 2.42. The summed E-state index contributed by atoms with van der Waals surface area (Å²) in [6.45, 7) is 3.01. The third-order valence-electron chi connectivity index (χ3n) is 5.27. The molecule has 25 heavy (non-hydrogen) atoms. The number of hydrazine groups is 1. The summed E-state index contributed by atoms with van der Waals surface area (Å²) in [6, 6.07) is 10.2. The third kappa shape index (κ3) is 2.70. The standard InChI is InChI=1S/C19H21FN4O/c1-19(5-6-19)25-14-2-3-16-15(9-14)18(23-22-16)12-4-7-21-17(8-12)24-10-13(20)11-24/h2-4,7-9,13,18,22-23H,5-6,10-11H2,1H3. The molecule has 2 aliphatic heterocycles. The van der Waals surface area contributed by atoms with Crippen LogP contribution in [-0.4, -0.2) is 29.8 Å². The van der Waals surface area contributed by atoms with Crippen LogP contribution in [0.25, 0.3) is 0 Å². The summed E-state index contributed by atoms with van der Waals surface area (Å²) in [7, 11) is 0. The Hall–Kier alpha value is -2.34. The van der Waals surface area contributed by atoms with Crippen molar-refractivity contribution in [3.8, 4) is 5.75 Å². The van der Waals surface area contributed by atoms with E-state index in [9.17, 15) is 4.39 Å². The van der Waals surface area contributed by atoms with Gasteiger partial charge in [0, 0.05) is 11.8 Å². The molecule has 3 heterocycles. The molecular weight excluding hydrogens is 319 g/mol. The van der Waals surface area contributed by atoms with E-state index in [1.165, 1.54) is 0 Å². The van der Waals surface area contributed by atoms with Crippen molar-refractivity contribution in [1.29, 1.82) is 0 Å². The first-order valence-corrected chi connectivity index (χ1v) is 8.79. The molecule has 0 radical (unpaired) electrons. The molecule has 1 aromatic heterocycles. The number of nitrogens with zero attached hydrogens (tertiary/aromatic N) is 2. The van der Waals surface area contributed by atoms with Crippen LogP contribution in [0.15, 0.2) is 36.5 Å². The van der Waals surface area contributed by atoms with Crippen molar-refractivity contribution >= 4 is 11.5 Å². The Balaban J connectivity index is 1.43. The van der Waals surface area contributed by atoms with Crippen LogP contribution < -0.4 is 20.5 Å². The molecule has 0 spiro atoms. The van der Waals surface area contributed by atoms with Gasteiger partial charge in [0.2, 0.25) is 0 Å². The Morgan fingerprint density at radius 3 is 2.84 bits per heavy atom. The zero-order valence-corrected chi connectivity index (χ0v) is 14.1. The minimum atomic E-state index is -0.735. The van der Waals surface area contributed by atoms with Crippen LogP contribution >= 0.6 is 0 Å². The smallest absolute Gasteiger partial charge is 0.135 e. The Morgan fingerprint density at radius 2 is 2.08 bits per heavy atom. The molecule has 1 aromatic carbocycles. The third-order valence-corrected chi connectivity index (χ3v) is 5.27. The molecule has 0 amide bonds. The van der Waals surface area contributed by atoms with Crippen LogP contribution in [-0.2, 0) is 0 Å². The summed E-state index contributed by atoms with van der Waals surface area (Å²) >= 11 is 0. The van der Waals surface area contributed by atoms with Crippen LogP contribution in [0.1, 0.15) is 36.9 Å². The minimum absolute atomic E-state index is 0.00738. The SMILES string of the molecule is CC1(Oc2ccc3c(c2)C(c2ccnc(N4CC(F)C4)c2)NN3)CC1. The number of aromatic nitrogens is 1. The summed E-state index contributed by atoms with van der Waals surface area (Å²) in [5, 5.41) is 0. The first-order valence-electron chi connectivity index (χ1n) is 8.79. The lowest BCUT2D eigenvalue weighted by atomic mass is 9.99. The fourth-order valence-corrected chi connectivity index (χ4v) is 3.41. The second-order valence-corrected chi connectivity index (χ2v) is 7.45. The summed E-state index contributed by atoms with van der Waals surface area (Å²) < 4.78 is 19.2. The first-order chi connectivity index (χ1) is 12.1. The minimum Gasteiger partial charge on any atom is -0.488 e. The van der Waals surface area contributed by atoms with Crippen molar-refractivity contribution in [2.75, 3.05) is 23.4 Å². The fourth-order valence-electron chi connectivity index (χ4n) is 3.41. The van der Waals surface area contributed by atoms with E-state index in [1.807, 2.05) is 23.1 Å². The van der Waals surface area contributed by atoms with Crippen LogP contribution in [0.2, 0.25) is 0 Å². The zero-order chi connectivity index (χ0) is 17.0. The van der Waals surface area contributed by atoms with Gasteiger partial charge in [-0.25, -0.2) is 14.8 Å². The second-order valence-electron chi connectivity index (χ2n) is 7.45. The molecule has 1 saturated heterocycles. The van der Waals surface area contributed by atoms with Gasteiger partial charge >= 0.3 is 0 Å². The summed E-state index contributed by atoms with van der Waals surface area (Å²) in [6.07, 6.45) is 3.29. The molecule has 1 unspecified atom stereocenters. The van der Waals surface area contributed by atoms with E-state index in [-0.39, 0.29) is 11.6 Å². The van der Waals surface area contributed by atoms with Crippen LogP contribution in [0.4, 0.5) is 15.9 Å². The lowest BCUT2D eigenvalue weighted by Crippen LogP contribution is -2.48. The molecule has 5 nitrogen and oxygen atoms in total. The monoisotopic (exact) mass is 340 g/mol. The van der Waals surface area contributed by atoms with E-state index in [0.29, 0.717) is 13.1 Å². The van der Waals surface area contributed by atoms with Crippen molar-refractivity contribution in [3.05, 3.63) is 47.7 Å². The lowest BCUT2D eigenvalue weighted by molar-refractivity contribution is 0.200. The second kappa shape index (κ2) is 5.33. The number of ether oxygens (including phenoxy) is 1. The summed E-state index contributed by atoms with van der Waals surface area (Å²) in [5.74, 6) is 1.74. The fraction of sp³-hybridized carbons (Fsp3) is 0.421. The Bertz CT molecular complexity index is 817. The highest BCUT2D eigenvalue weighted by atomic mass is 19.1. The van der Waals surface area contributed by atoms with Crippen LogP contribution in [0.3, 0.4) is 0 Å². The number of halogens is 1. The van der Waals surface area contributed by atoms with Crippen molar-refractivity contribution < 1.29 is 9.13 Å². The Morgan fingerprint density at radius 1 is 1.24 bits per heavy atom. The highest BCUT2D eigenvalue weighted by molar-refractivity contribution is 5.61. The molecule has 5 rings (SSSR count). The van der Waals surface area contributed by atoms with Crippen molar-refractivity contribution in [2.24, 2.45) is 0 Å². The van der Waals surface area contributed by atoms with Gasteiger partial charge in [0.1, 0.15) is 23.3 Å². The number of fused-ring (bicyclic) bond motifs is 1. The quantitative estimate of drug-likeness (QED) is 0.895. The van der Waals surface area contributed by atoms with Gasteiger partial charge in [-0.1, -0.05) is 0 Å². The number of benzene rings is 1. The Labute approximate surface area is 146 Å². The normalized spacial score (nSPS) is 23.6. The summed E-state index contributed by atoms with van der Waals surface area (Å²) in [5.41, 5.74) is 9.90. The van der Waals surface area contributed by atoms with Crippen molar-refractivity contribution in [3.63, 3.8) is 0 Å². The van der Waals surface area contributed by atoms with Crippen LogP contribution in [0.5, 0.6) is 5.75 Å². The zero-order valence-electron chi connectivity index (χ0n) is 14.1. The Kier molecular flexibility index (Phi) is 3.19. The van der Waals surface area contributed by atoms with Gasteiger partial charge in [-0.3, -0.25) is 0 Å². The maximum atomic E-state index is 13.1. The molecule has 3 aliphatic rings. The predicted octanol–water partition coefficient (Wildman–Crippen LogP) is 3.19. The van der Waals surface area contributed by atoms with Crippen molar-refractivity contribution in [1.82, 2.24) is 10.4 Å². The first kappa shape index (κ1) is 15.0. The maximum absolute atomic E-state index is 13.1. The predicted molar refractivity (Wildman–Crippen MR) is 94.7 cm³/mol. The van der Waals surface area contributed by atoms with Gasteiger partial charge in [-0.05, 0) is 55.7 Å². The molecule has 0 bridgehead atoms. The number of rotatable bonds is 4. The van der Waals surface area contributed by atoms with E-state index in [0.717, 1.165) is 41.2 Å². The number of alkyl halides is 1. The average Bonchev–Trinajstić information content (AvgIpc) is 3.16. The van der Waals surface area contributed by atoms with Gasteiger partial charge in [0.25, 0.3) is 0 Å². The molecule has 1 saturated carbocycles. The van der Waals surface area contributed by atoms with Crippen molar-refractivity contribution in [2.45, 2.75) is 37.6 Å². The van der Waals surface area contributed by atoms with Crippen LogP contribution in [0, 0.1) is 0 Å². The molecule has 6 heteroatoms. The van der Waals surface area contributed by atoms with E-state index in [2.05, 4.69) is 34.9 Å². The van der Waals surface area contributed by atoms with E-state index < -0.39 is 6.17 Å². The summed E-state index contributed by atoms with van der Waals surface area (Å²) in [4.78, 5) is 6.35. The molecule has 2 aromatic rings. The number of nitrogens with one attached hydrogen (secondary N) is 2. The number of pyridine rings is 1. The van der Waals surface area contributed by atoms with Gasteiger partial charge in [0.15, 0.2) is 0 Å². The highest BCUT2D eigenvalue weighted by Gasteiger charge is 2.40. The lowest BCUT2D eigenvalue weighted by Gasteiger charge is -2.35. The number of hydrogen-bond acceptors (Lipinski definition) is 5. The van der Waals surface area contributed by atoms with E-state index in [1.54, 1.807) is 6.20 Å². The number of hydrogen-bond donors (Lipinski definition) is 2. The molecule has 1 atom stereocenters. The average molecular weight is 340 g/mol. The molecule has 130 valence electrons. The van der Waals surface area contributed by atoms with Gasteiger partial charge in [-0.2, -0.15) is 0 Å². The molecule has 1 aliphatic carbocycles.